The molecule has 2 N–H and O–H groups in total. The molecule has 3 nitrogen and oxygen atoms in total. The molecule has 2 aliphatic carbocycles. The highest BCUT2D eigenvalue weighted by Crippen LogP contribution is 2.43. The fourth-order valence-electron chi connectivity index (χ4n) is 2.89. The fourth-order valence-corrected chi connectivity index (χ4v) is 2.89. The van der Waals surface area contributed by atoms with Crippen molar-refractivity contribution in [2.24, 2.45) is 11.8 Å². The number of methoxy groups -OCH3 is 1. The van der Waals surface area contributed by atoms with Gasteiger partial charge in [-0.1, -0.05) is 0 Å². The van der Waals surface area contributed by atoms with Crippen molar-refractivity contribution in [3.8, 4) is 0 Å². The molecule has 0 aromatic heterocycles. The molecule has 0 aliphatic heterocycles. The fraction of sp³-hybridized carbons (Fsp3) is 1.00. The Kier molecular flexibility index (Phi) is 2.58. The van der Waals surface area contributed by atoms with Crippen LogP contribution in [0.15, 0.2) is 0 Å². The van der Waals surface area contributed by atoms with Gasteiger partial charge < -0.3 is 14.9 Å². The average molecular weight is 186 g/mol. The van der Waals surface area contributed by atoms with Crippen molar-refractivity contribution in [2.75, 3.05) is 7.11 Å². The Morgan fingerprint density at radius 3 is 2.62 bits per heavy atom. The van der Waals surface area contributed by atoms with Gasteiger partial charge in [0.25, 0.3) is 0 Å². The van der Waals surface area contributed by atoms with Crippen LogP contribution in [0.5, 0.6) is 0 Å². The summed E-state index contributed by atoms with van der Waals surface area (Å²) < 4.78 is 5.29. The van der Waals surface area contributed by atoms with Crippen molar-refractivity contribution in [1.82, 2.24) is 0 Å². The van der Waals surface area contributed by atoms with Gasteiger partial charge in [0.15, 0.2) is 0 Å². The minimum atomic E-state index is -0.515. The highest BCUT2D eigenvalue weighted by Gasteiger charge is 2.43. The SMILES string of the molecule is COC1CC2CCC(O)C(O)C2C1. The van der Waals surface area contributed by atoms with Gasteiger partial charge in [-0.2, -0.15) is 0 Å². The van der Waals surface area contributed by atoms with Crippen molar-refractivity contribution in [1.29, 1.82) is 0 Å². The number of fused-ring (bicyclic) bond motifs is 1. The number of aliphatic hydroxyl groups is 2. The van der Waals surface area contributed by atoms with Gasteiger partial charge in [-0.15, -0.1) is 0 Å². The van der Waals surface area contributed by atoms with Crippen molar-refractivity contribution in [3.63, 3.8) is 0 Å². The number of ether oxygens (including phenoxy) is 1. The molecule has 2 rings (SSSR count). The average Bonchev–Trinajstić information content (AvgIpc) is 2.55. The van der Waals surface area contributed by atoms with Gasteiger partial charge in [-0.25, -0.2) is 0 Å². The van der Waals surface area contributed by atoms with E-state index in [0.717, 1.165) is 25.7 Å². The van der Waals surface area contributed by atoms with Gasteiger partial charge in [0.05, 0.1) is 18.3 Å². The quantitative estimate of drug-likeness (QED) is 0.628. The molecule has 0 aromatic carbocycles. The number of hydrogen-bond donors (Lipinski definition) is 2. The van der Waals surface area contributed by atoms with E-state index >= 15 is 0 Å². The minimum Gasteiger partial charge on any atom is -0.390 e. The van der Waals surface area contributed by atoms with Crippen LogP contribution in [-0.4, -0.2) is 35.6 Å². The van der Waals surface area contributed by atoms with Crippen molar-refractivity contribution in [3.05, 3.63) is 0 Å². The van der Waals surface area contributed by atoms with E-state index in [1.807, 2.05) is 0 Å². The molecule has 3 heteroatoms. The van der Waals surface area contributed by atoms with Crippen LogP contribution in [0.25, 0.3) is 0 Å². The van der Waals surface area contributed by atoms with Gasteiger partial charge in [0.1, 0.15) is 0 Å². The summed E-state index contributed by atoms with van der Waals surface area (Å²) in [5.74, 6) is 0.844. The lowest BCUT2D eigenvalue weighted by Crippen LogP contribution is -2.40. The van der Waals surface area contributed by atoms with Crippen LogP contribution in [0, 0.1) is 11.8 Å². The van der Waals surface area contributed by atoms with Gasteiger partial charge >= 0.3 is 0 Å². The van der Waals surface area contributed by atoms with Gasteiger partial charge in [0.2, 0.25) is 0 Å². The van der Waals surface area contributed by atoms with Crippen LogP contribution in [0.2, 0.25) is 0 Å². The highest BCUT2D eigenvalue weighted by atomic mass is 16.5. The monoisotopic (exact) mass is 186 g/mol. The molecule has 5 unspecified atom stereocenters. The van der Waals surface area contributed by atoms with E-state index in [-0.39, 0.29) is 5.92 Å². The predicted molar refractivity (Wildman–Crippen MR) is 48.3 cm³/mol. The Morgan fingerprint density at radius 1 is 1.15 bits per heavy atom. The normalized spacial score (nSPS) is 50.5. The van der Waals surface area contributed by atoms with E-state index in [1.165, 1.54) is 0 Å². The van der Waals surface area contributed by atoms with Crippen LogP contribution in [0.3, 0.4) is 0 Å². The summed E-state index contributed by atoms with van der Waals surface area (Å²) in [6.45, 7) is 0. The van der Waals surface area contributed by atoms with E-state index < -0.39 is 12.2 Å². The van der Waals surface area contributed by atoms with Crippen LogP contribution in [0.1, 0.15) is 25.7 Å². The third kappa shape index (κ3) is 1.60. The number of aliphatic hydroxyl groups excluding tert-OH is 2. The molecule has 13 heavy (non-hydrogen) atoms. The molecule has 0 heterocycles. The standard InChI is InChI=1S/C10H18O3/c1-13-7-4-6-2-3-9(11)10(12)8(6)5-7/h6-12H,2-5H2,1H3. The molecule has 2 fully saturated rings. The third-order valence-corrected chi connectivity index (χ3v) is 3.71. The Labute approximate surface area is 78.7 Å². The summed E-state index contributed by atoms with van der Waals surface area (Å²) in [5, 5.41) is 19.2. The van der Waals surface area contributed by atoms with E-state index in [2.05, 4.69) is 0 Å². The van der Waals surface area contributed by atoms with Crippen molar-refractivity contribution < 1.29 is 14.9 Å². The summed E-state index contributed by atoms with van der Waals surface area (Å²) >= 11 is 0. The van der Waals surface area contributed by atoms with E-state index in [1.54, 1.807) is 7.11 Å². The second-order valence-electron chi connectivity index (χ2n) is 4.39. The molecule has 5 atom stereocenters. The van der Waals surface area contributed by atoms with E-state index in [9.17, 15) is 10.2 Å². The molecule has 2 aliphatic rings. The molecular weight excluding hydrogens is 168 g/mol. The lowest BCUT2D eigenvalue weighted by Gasteiger charge is -2.33. The van der Waals surface area contributed by atoms with Crippen LogP contribution in [-0.2, 0) is 4.74 Å². The second kappa shape index (κ2) is 3.56. The molecule has 0 aromatic rings. The van der Waals surface area contributed by atoms with Crippen LogP contribution >= 0.6 is 0 Å². The molecule has 0 bridgehead atoms. The third-order valence-electron chi connectivity index (χ3n) is 3.71. The molecule has 0 amide bonds. The van der Waals surface area contributed by atoms with Gasteiger partial charge in [-0.3, -0.25) is 0 Å². The zero-order chi connectivity index (χ0) is 9.42. The summed E-state index contributed by atoms with van der Waals surface area (Å²) in [6, 6.07) is 0. The summed E-state index contributed by atoms with van der Waals surface area (Å²) in [4.78, 5) is 0. The maximum Gasteiger partial charge on any atom is 0.0830 e. The topological polar surface area (TPSA) is 49.7 Å². The second-order valence-corrected chi connectivity index (χ2v) is 4.39. The smallest absolute Gasteiger partial charge is 0.0830 e. The Morgan fingerprint density at radius 2 is 1.92 bits per heavy atom. The molecule has 0 spiro atoms. The first-order chi connectivity index (χ1) is 6.22. The van der Waals surface area contributed by atoms with Gasteiger partial charge in [0, 0.05) is 7.11 Å². The van der Waals surface area contributed by atoms with E-state index in [0.29, 0.717) is 12.0 Å². The maximum atomic E-state index is 9.76. The Bertz CT molecular complexity index is 183. The Balaban J connectivity index is 2.02. The highest BCUT2D eigenvalue weighted by molar-refractivity contribution is 4.94. The van der Waals surface area contributed by atoms with Gasteiger partial charge in [-0.05, 0) is 37.5 Å². The first-order valence-corrected chi connectivity index (χ1v) is 5.11. The lowest BCUT2D eigenvalue weighted by molar-refractivity contribution is -0.0593. The zero-order valence-corrected chi connectivity index (χ0v) is 8.02. The number of hydrogen-bond acceptors (Lipinski definition) is 3. The maximum absolute atomic E-state index is 9.76. The largest absolute Gasteiger partial charge is 0.390 e. The minimum absolute atomic E-state index is 0.272. The molecule has 0 saturated heterocycles. The Hall–Kier alpha value is -0.120. The predicted octanol–water partition coefficient (Wildman–Crippen LogP) is 0.543. The molecular formula is C10H18O3. The number of rotatable bonds is 1. The zero-order valence-electron chi connectivity index (χ0n) is 8.02. The molecule has 0 radical (unpaired) electrons. The van der Waals surface area contributed by atoms with E-state index in [4.69, 9.17) is 4.74 Å². The molecule has 76 valence electrons. The van der Waals surface area contributed by atoms with Crippen molar-refractivity contribution >= 4 is 0 Å². The summed E-state index contributed by atoms with van der Waals surface area (Å²) in [6.07, 6.45) is 3.05. The molecule has 2 saturated carbocycles. The lowest BCUT2D eigenvalue weighted by atomic mass is 9.78. The van der Waals surface area contributed by atoms with Crippen LogP contribution < -0.4 is 0 Å². The summed E-state index contributed by atoms with van der Waals surface area (Å²) in [7, 11) is 1.73. The first kappa shape index (κ1) is 9.44. The summed E-state index contributed by atoms with van der Waals surface area (Å²) in [5.41, 5.74) is 0. The first-order valence-electron chi connectivity index (χ1n) is 5.11. The van der Waals surface area contributed by atoms with Crippen LogP contribution in [0.4, 0.5) is 0 Å². The van der Waals surface area contributed by atoms with Crippen molar-refractivity contribution in [2.45, 2.75) is 44.0 Å².